The molecule has 200 valence electrons. The third-order valence-electron chi connectivity index (χ3n) is 6.16. The van der Waals surface area contributed by atoms with Crippen LogP contribution in [0.1, 0.15) is 19.8 Å². The van der Waals surface area contributed by atoms with Crippen LogP contribution in [0.4, 0.5) is 21.2 Å². The lowest BCUT2D eigenvalue weighted by Crippen LogP contribution is -2.50. The molecule has 0 aromatic carbocycles. The Morgan fingerprint density at radius 2 is 2.19 bits per heavy atom. The number of piperidine rings is 1. The highest BCUT2D eigenvalue weighted by atomic mass is 16.6. The molecule has 2 aromatic heterocycles. The summed E-state index contributed by atoms with van der Waals surface area (Å²) in [6.45, 7) is 6.14. The number of urea groups is 1. The molecule has 4 heterocycles. The molecule has 3 amide bonds. The molecule has 0 spiro atoms. The maximum absolute atomic E-state index is 12.8. The molecule has 0 saturated carbocycles. The number of likely N-dealkylation sites (N-methyl/N-ethyl adjacent to an activating group) is 1. The Bertz CT molecular complexity index is 1030. The molecule has 2 atom stereocenters. The molecule has 2 fully saturated rings. The van der Waals surface area contributed by atoms with Gasteiger partial charge >= 0.3 is 12.1 Å². The molecule has 2 aromatic rings. The summed E-state index contributed by atoms with van der Waals surface area (Å²) in [4.78, 5) is 41.6. The zero-order valence-corrected chi connectivity index (χ0v) is 21.2. The van der Waals surface area contributed by atoms with Gasteiger partial charge in [0.1, 0.15) is 11.6 Å². The first-order chi connectivity index (χ1) is 18.0. The topological polar surface area (TPSA) is 143 Å². The lowest BCUT2D eigenvalue weighted by molar-refractivity contribution is 0.0767. The van der Waals surface area contributed by atoms with Crippen molar-refractivity contribution in [2.45, 2.75) is 31.8 Å². The van der Waals surface area contributed by atoms with Gasteiger partial charge in [-0.2, -0.15) is 0 Å². The summed E-state index contributed by atoms with van der Waals surface area (Å²) in [6.07, 6.45) is 5.76. The Balaban J connectivity index is 1.29. The van der Waals surface area contributed by atoms with Crippen LogP contribution in [0.3, 0.4) is 0 Å². The van der Waals surface area contributed by atoms with Crippen molar-refractivity contribution in [2.75, 3.05) is 63.3 Å². The number of rotatable bonds is 8. The number of aromatic nitrogens is 3. The third kappa shape index (κ3) is 7.64. The zero-order chi connectivity index (χ0) is 26.0. The van der Waals surface area contributed by atoms with E-state index in [4.69, 9.17) is 14.2 Å². The molecule has 0 radical (unpaired) electrons. The van der Waals surface area contributed by atoms with Crippen molar-refractivity contribution in [1.82, 2.24) is 30.5 Å². The minimum absolute atomic E-state index is 0.0377. The number of morpholine rings is 1. The van der Waals surface area contributed by atoms with Crippen molar-refractivity contribution in [2.24, 2.45) is 0 Å². The smallest absolute Gasteiger partial charge is 0.412 e. The molecule has 0 bridgehead atoms. The molecular formula is C24H34N8O5. The van der Waals surface area contributed by atoms with Crippen molar-refractivity contribution < 1.29 is 23.8 Å². The van der Waals surface area contributed by atoms with Gasteiger partial charge < -0.3 is 34.6 Å². The summed E-state index contributed by atoms with van der Waals surface area (Å²) >= 11 is 0. The second kappa shape index (κ2) is 13.0. The number of nitrogens with one attached hydrogen (secondary N) is 3. The quantitative estimate of drug-likeness (QED) is 0.474. The zero-order valence-electron chi connectivity index (χ0n) is 21.2. The van der Waals surface area contributed by atoms with Crippen molar-refractivity contribution in [3.63, 3.8) is 0 Å². The largest absolute Gasteiger partial charge is 0.477 e. The molecule has 2 aliphatic heterocycles. The standard InChI is InChI=1S/C24H34N8O5/c1-3-36-22-14-27-20(13-28-22)30-23(33)31(2)18-5-4-9-32(15-18)21-11-19(6-7-26-21)37-24(34)29-12-17-16-35-10-8-25-17/h6-7,11,13-14,17-18,25H,3-5,8-10,12,15-16H2,1-2H3,(H,29,34)(H,27,30,33)/t17-,18-/m1/s1. The highest BCUT2D eigenvalue weighted by molar-refractivity contribution is 5.88. The Labute approximate surface area is 215 Å². The van der Waals surface area contributed by atoms with E-state index < -0.39 is 6.09 Å². The van der Waals surface area contributed by atoms with Crippen molar-refractivity contribution >= 4 is 23.8 Å². The van der Waals surface area contributed by atoms with Crippen molar-refractivity contribution in [3.05, 3.63) is 30.7 Å². The number of ether oxygens (including phenoxy) is 3. The van der Waals surface area contributed by atoms with E-state index in [1.807, 2.05) is 6.92 Å². The van der Waals surface area contributed by atoms with E-state index in [1.165, 1.54) is 12.4 Å². The average molecular weight is 515 g/mol. The van der Waals surface area contributed by atoms with Crippen LogP contribution in [0.25, 0.3) is 0 Å². The fourth-order valence-corrected chi connectivity index (χ4v) is 4.18. The number of hydrogen-bond donors (Lipinski definition) is 3. The monoisotopic (exact) mass is 514 g/mol. The minimum Gasteiger partial charge on any atom is -0.477 e. The van der Waals surface area contributed by atoms with Gasteiger partial charge in [-0.25, -0.2) is 24.5 Å². The highest BCUT2D eigenvalue weighted by Gasteiger charge is 2.27. The van der Waals surface area contributed by atoms with Crippen LogP contribution >= 0.6 is 0 Å². The number of carbonyl (C=O) groups excluding carboxylic acids is 2. The first kappa shape index (κ1) is 26.4. The molecular weight excluding hydrogens is 480 g/mol. The number of nitrogens with zero attached hydrogens (tertiary/aromatic N) is 5. The molecule has 37 heavy (non-hydrogen) atoms. The van der Waals surface area contributed by atoms with Crippen LogP contribution in [-0.4, -0.2) is 97.1 Å². The summed E-state index contributed by atoms with van der Waals surface area (Å²) in [5, 5.41) is 8.81. The van der Waals surface area contributed by atoms with Crippen LogP contribution in [0.5, 0.6) is 11.6 Å². The van der Waals surface area contributed by atoms with Gasteiger partial charge in [0.15, 0.2) is 5.82 Å². The van der Waals surface area contributed by atoms with E-state index in [-0.39, 0.29) is 18.1 Å². The normalized spacial score (nSPS) is 19.6. The minimum atomic E-state index is -0.533. The van der Waals surface area contributed by atoms with E-state index in [1.54, 1.807) is 30.3 Å². The second-order valence-corrected chi connectivity index (χ2v) is 8.80. The van der Waals surface area contributed by atoms with Crippen molar-refractivity contribution in [1.29, 1.82) is 0 Å². The van der Waals surface area contributed by atoms with Crippen molar-refractivity contribution in [3.8, 4) is 11.6 Å². The van der Waals surface area contributed by atoms with Gasteiger partial charge in [0.2, 0.25) is 5.88 Å². The van der Waals surface area contributed by atoms with Gasteiger partial charge in [-0.1, -0.05) is 0 Å². The van der Waals surface area contributed by atoms with Crippen LogP contribution in [0.2, 0.25) is 0 Å². The van der Waals surface area contributed by atoms with Gasteiger partial charge in [-0.3, -0.25) is 5.32 Å². The summed E-state index contributed by atoms with van der Waals surface area (Å²) in [7, 11) is 1.76. The Hall–Kier alpha value is -3.71. The number of amides is 3. The van der Waals surface area contributed by atoms with Gasteiger partial charge in [0, 0.05) is 51.5 Å². The van der Waals surface area contributed by atoms with E-state index in [0.717, 1.165) is 25.9 Å². The maximum Gasteiger partial charge on any atom is 0.412 e. The summed E-state index contributed by atoms with van der Waals surface area (Å²) < 4.78 is 16.1. The Morgan fingerprint density at radius 1 is 1.30 bits per heavy atom. The number of carbonyl (C=O) groups is 2. The van der Waals surface area contributed by atoms with Crippen LogP contribution in [0.15, 0.2) is 30.7 Å². The van der Waals surface area contributed by atoms with Crippen LogP contribution in [0, 0.1) is 0 Å². The fraction of sp³-hybridized carbons (Fsp3) is 0.542. The summed E-state index contributed by atoms with van der Waals surface area (Å²) in [5.74, 6) is 1.84. The molecule has 3 N–H and O–H groups in total. The predicted molar refractivity (Wildman–Crippen MR) is 136 cm³/mol. The molecule has 13 nitrogen and oxygen atoms in total. The molecule has 2 saturated heterocycles. The van der Waals surface area contributed by atoms with E-state index in [9.17, 15) is 9.59 Å². The van der Waals surface area contributed by atoms with Gasteiger partial charge in [-0.05, 0) is 25.8 Å². The lowest BCUT2D eigenvalue weighted by atomic mass is 10.0. The maximum atomic E-state index is 12.8. The molecule has 2 aliphatic rings. The number of hydrogen-bond acceptors (Lipinski definition) is 10. The number of pyridine rings is 1. The second-order valence-electron chi connectivity index (χ2n) is 8.80. The van der Waals surface area contributed by atoms with Gasteiger partial charge in [0.25, 0.3) is 0 Å². The third-order valence-corrected chi connectivity index (χ3v) is 6.16. The van der Waals surface area contributed by atoms with Gasteiger partial charge in [0.05, 0.1) is 38.3 Å². The van der Waals surface area contributed by atoms with Crippen LogP contribution in [-0.2, 0) is 4.74 Å². The molecule has 4 rings (SSSR count). The van der Waals surface area contributed by atoms with E-state index in [2.05, 4.69) is 35.8 Å². The summed E-state index contributed by atoms with van der Waals surface area (Å²) in [5.41, 5.74) is 0. The SMILES string of the molecule is CCOc1cnc(NC(=O)N(C)[C@@H]2CCCN(c3cc(OC(=O)NC[C@@H]4COCCN4)ccn3)C2)cn1. The summed E-state index contributed by atoms with van der Waals surface area (Å²) in [6, 6.07) is 3.13. The molecule has 0 aliphatic carbocycles. The first-order valence-corrected chi connectivity index (χ1v) is 12.5. The molecule has 13 heteroatoms. The van der Waals surface area contributed by atoms with E-state index in [0.29, 0.717) is 56.2 Å². The number of anilines is 2. The predicted octanol–water partition coefficient (Wildman–Crippen LogP) is 1.48. The van der Waals surface area contributed by atoms with Gasteiger partial charge in [-0.15, -0.1) is 0 Å². The molecule has 0 unspecified atom stereocenters. The Morgan fingerprint density at radius 3 is 2.95 bits per heavy atom. The van der Waals surface area contributed by atoms with Crippen LogP contribution < -0.4 is 30.3 Å². The Kier molecular flexibility index (Phi) is 9.27. The lowest BCUT2D eigenvalue weighted by Gasteiger charge is -2.38. The average Bonchev–Trinajstić information content (AvgIpc) is 2.93. The first-order valence-electron chi connectivity index (χ1n) is 12.5. The highest BCUT2D eigenvalue weighted by Crippen LogP contribution is 2.24. The fourth-order valence-electron chi connectivity index (χ4n) is 4.18. The van der Waals surface area contributed by atoms with E-state index >= 15 is 0 Å².